The van der Waals surface area contributed by atoms with Crippen LogP contribution in [0.4, 0.5) is 20.2 Å². The number of benzene rings is 2. The molecule has 0 aromatic heterocycles. The lowest BCUT2D eigenvalue weighted by molar-refractivity contribution is -0.383. The zero-order valence-electron chi connectivity index (χ0n) is 10.8. The van der Waals surface area contributed by atoms with Gasteiger partial charge in [-0.3, -0.25) is 10.1 Å². The second-order valence-corrected chi connectivity index (χ2v) is 4.81. The third-order valence-electron chi connectivity index (χ3n) is 2.81. The first-order valence-corrected chi connectivity index (χ1v) is 6.46. The molecule has 0 aliphatic carbocycles. The predicted octanol–water partition coefficient (Wildman–Crippen LogP) is 4.18. The van der Waals surface area contributed by atoms with Crippen molar-refractivity contribution in [3.8, 4) is 0 Å². The summed E-state index contributed by atoms with van der Waals surface area (Å²) in [5.74, 6) is -1.30. The number of hydrogen-bond acceptors (Lipinski definition) is 3. The molecule has 0 unspecified atom stereocenters. The molecule has 0 radical (unpaired) electrons. The number of anilines is 1. The Labute approximate surface area is 124 Å². The van der Waals surface area contributed by atoms with Gasteiger partial charge in [0.1, 0.15) is 17.3 Å². The molecule has 0 saturated carbocycles. The smallest absolute Gasteiger partial charge is 0.293 e. The van der Waals surface area contributed by atoms with E-state index in [4.69, 9.17) is 11.6 Å². The van der Waals surface area contributed by atoms with Crippen LogP contribution in [0.3, 0.4) is 0 Å². The second-order valence-electron chi connectivity index (χ2n) is 4.37. The van der Waals surface area contributed by atoms with Crippen LogP contribution >= 0.6 is 11.6 Å². The molecule has 0 amide bonds. The molecule has 0 heterocycles. The molecular weight excluding hydrogens is 302 g/mol. The topological polar surface area (TPSA) is 55.2 Å². The van der Waals surface area contributed by atoms with Crippen LogP contribution in [-0.2, 0) is 6.42 Å². The van der Waals surface area contributed by atoms with Crippen LogP contribution in [0.25, 0.3) is 0 Å². The van der Waals surface area contributed by atoms with Crippen LogP contribution < -0.4 is 5.32 Å². The Morgan fingerprint density at radius 2 is 1.81 bits per heavy atom. The van der Waals surface area contributed by atoms with Crippen LogP contribution in [0.5, 0.6) is 0 Å². The summed E-state index contributed by atoms with van der Waals surface area (Å²) in [7, 11) is 0. The van der Waals surface area contributed by atoms with Gasteiger partial charge in [0.05, 0.1) is 4.92 Å². The fraction of sp³-hybridized carbons (Fsp3) is 0.143. The molecule has 21 heavy (non-hydrogen) atoms. The van der Waals surface area contributed by atoms with E-state index in [1.807, 2.05) is 0 Å². The Morgan fingerprint density at radius 3 is 2.43 bits per heavy atom. The Morgan fingerprint density at radius 1 is 1.14 bits per heavy atom. The van der Waals surface area contributed by atoms with Gasteiger partial charge >= 0.3 is 0 Å². The molecule has 1 N–H and O–H groups in total. The summed E-state index contributed by atoms with van der Waals surface area (Å²) in [6.07, 6.45) is 0.328. The number of nitrogens with one attached hydrogen (secondary N) is 1. The minimum Gasteiger partial charge on any atom is -0.379 e. The second kappa shape index (κ2) is 6.49. The lowest BCUT2D eigenvalue weighted by atomic mass is 10.1. The number of nitro groups is 1. The molecule has 2 aromatic carbocycles. The van der Waals surface area contributed by atoms with Gasteiger partial charge < -0.3 is 5.32 Å². The molecule has 0 aliphatic rings. The fourth-order valence-corrected chi connectivity index (χ4v) is 2.07. The van der Waals surface area contributed by atoms with Gasteiger partial charge in [-0.15, -0.1) is 0 Å². The van der Waals surface area contributed by atoms with E-state index in [2.05, 4.69) is 5.32 Å². The maximum atomic E-state index is 13.0. The van der Waals surface area contributed by atoms with Crippen LogP contribution in [0.2, 0.25) is 5.02 Å². The number of rotatable bonds is 5. The molecule has 110 valence electrons. The van der Waals surface area contributed by atoms with E-state index < -0.39 is 16.6 Å². The van der Waals surface area contributed by atoms with Gasteiger partial charge in [0, 0.05) is 23.7 Å². The first kappa shape index (κ1) is 15.2. The number of hydrogen-bond donors (Lipinski definition) is 1. The van der Waals surface area contributed by atoms with Crippen molar-refractivity contribution in [2.75, 3.05) is 11.9 Å². The van der Waals surface area contributed by atoms with E-state index in [9.17, 15) is 18.9 Å². The summed E-state index contributed by atoms with van der Waals surface area (Å²) >= 11 is 5.71. The van der Waals surface area contributed by atoms with Crippen molar-refractivity contribution in [1.29, 1.82) is 0 Å². The molecular formula is C14H11ClF2N2O2. The minimum atomic E-state index is -0.650. The Kier molecular flexibility index (Phi) is 4.70. The highest BCUT2D eigenvalue weighted by molar-refractivity contribution is 6.30. The summed E-state index contributed by atoms with van der Waals surface area (Å²) in [5, 5.41) is 14.0. The normalized spacial score (nSPS) is 10.4. The Hall–Kier alpha value is -2.21. The third-order valence-corrected chi connectivity index (χ3v) is 3.04. The molecule has 4 nitrogen and oxygen atoms in total. The molecule has 0 saturated heterocycles. The van der Waals surface area contributed by atoms with Crippen LogP contribution in [-0.4, -0.2) is 11.5 Å². The third kappa shape index (κ3) is 4.13. The van der Waals surface area contributed by atoms with E-state index in [0.717, 1.165) is 6.07 Å². The first-order valence-electron chi connectivity index (χ1n) is 6.08. The SMILES string of the molecule is O=[N+]([O-])c1cc(Cl)ccc1NCCc1cc(F)cc(F)c1. The fourth-order valence-electron chi connectivity index (χ4n) is 1.90. The van der Waals surface area contributed by atoms with E-state index in [-0.39, 0.29) is 10.7 Å². The zero-order valence-corrected chi connectivity index (χ0v) is 11.5. The standard InChI is InChI=1S/C14H11ClF2N2O2/c15-10-1-2-13(14(7-10)19(20)21)18-4-3-9-5-11(16)8-12(17)6-9/h1-2,5-8,18H,3-4H2. The number of nitro benzene ring substituents is 1. The van der Waals surface area contributed by atoms with Crippen molar-refractivity contribution in [2.24, 2.45) is 0 Å². The largest absolute Gasteiger partial charge is 0.379 e. The molecule has 0 bridgehead atoms. The summed E-state index contributed by atoms with van der Waals surface area (Å²) in [4.78, 5) is 10.4. The molecule has 0 aliphatic heterocycles. The van der Waals surface area contributed by atoms with Crippen molar-refractivity contribution in [1.82, 2.24) is 0 Å². The lowest BCUT2D eigenvalue weighted by Gasteiger charge is -2.08. The lowest BCUT2D eigenvalue weighted by Crippen LogP contribution is -2.07. The van der Waals surface area contributed by atoms with E-state index in [0.29, 0.717) is 24.2 Å². The van der Waals surface area contributed by atoms with Crippen LogP contribution in [0.1, 0.15) is 5.56 Å². The van der Waals surface area contributed by atoms with Gasteiger partial charge in [-0.05, 0) is 36.2 Å². The number of nitrogens with zero attached hydrogens (tertiary/aromatic N) is 1. The van der Waals surface area contributed by atoms with Gasteiger partial charge in [-0.25, -0.2) is 8.78 Å². The maximum absolute atomic E-state index is 13.0. The van der Waals surface area contributed by atoms with Crippen LogP contribution in [0.15, 0.2) is 36.4 Å². The van der Waals surface area contributed by atoms with Gasteiger partial charge in [0.25, 0.3) is 5.69 Å². The van der Waals surface area contributed by atoms with Gasteiger partial charge in [-0.1, -0.05) is 11.6 Å². The van der Waals surface area contributed by atoms with Crippen molar-refractivity contribution < 1.29 is 13.7 Å². The molecule has 0 spiro atoms. The van der Waals surface area contributed by atoms with E-state index in [1.165, 1.54) is 30.3 Å². The zero-order chi connectivity index (χ0) is 15.4. The summed E-state index contributed by atoms with van der Waals surface area (Å²) in [5.41, 5.74) is 0.630. The highest BCUT2D eigenvalue weighted by Gasteiger charge is 2.13. The summed E-state index contributed by atoms with van der Waals surface area (Å²) < 4.78 is 26.1. The van der Waals surface area contributed by atoms with E-state index >= 15 is 0 Å². The molecule has 0 fully saturated rings. The monoisotopic (exact) mass is 312 g/mol. The summed E-state index contributed by atoms with van der Waals surface area (Å²) in [6.45, 7) is 0.297. The highest BCUT2D eigenvalue weighted by Crippen LogP contribution is 2.27. The van der Waals surface area contributed by atoms with Gasteiger partial charge in [-0.2, -0.15) is 0 Å². The molecule has 0 atom stereocenters. The minimum absolute atomic E-state index is 0.145. The van der Waals surface area contributed by atoms with Crippen molar-refractivity contribution >= 4 is 23.0 Å². The Bertz CT molecular complexity index is 660. The maximum Gasteiger partial charge on any atom is 0.293 e. The molecule has 2 rings (SSSR count). The predicted molar refractivity (Wildman–Crippen MR) is 76.7 cm³/mol. The van der Waals surface area contributed by atoms with Crippen molar-refractivity contribution in [2.45, 2.75) is 6.42 Å². The van der Waals surface area contributed by atoms with E-state index in [1.54, 1.807) is 0 Å². The Balaban J connectivity index is 2.05. The van der Waals surface area contributed by atoms with Gasteiger partial charge in [0.2, 0.25) is 0 Å². The van der Waals surface area contributed by atoms with Crippen molar-refractivity contribution in [3.05, 3.63) is 68.7 Å². The van der Waals surface area contributed by atoms with Crippen molar-refractivity contribution in [3.63, 3.8) is 0 Å². The first-order chi connectivity index (χ1) is 9.95. The molecule has 2 aromatic rings. The average Bonchev–Trinajstić information content (AvgIpc) is 2.39. The van der Waals surface area contributed by atoms with Gasteiger partial charge in [0.15, 0.2) is 0 Å². The quantitative estimate of drug-likeness (QED) is 0.665. The van der Waals surface area contributed by atoms with Crippen LogP contribution in [0, 0.1) is 21.7 Å². The molecule has 7 heteroatoms. The number of halogens is 3. The average molecular weight is 313 g/mol. The summed E-state index contributed by atoms with van der Waals surface area (Å²) in [6, 6.07) is 7.50. The highest BCUT2D eigenvalue weighted by atomic mass is 35.5.